The van der Waals surface area contributed by atoms with Gasteiger partial charge < -0.3 is 19.3 Å². The van der Waals surface area contributed by atoms with Gasteiger partial charge >= 0.3 is 11.9 Å². The molecule has 5 nitrogen and oxygen atoms in total. The van der Waals surface area contributed by atoms with Crippen LogP contribution < -0.4 is 0 Å². The summed E-state index contributed by atoms with van der Waals surface area (Å²) >= 11 is 0. The highest BCUT2D eigenvalue weighted by Gasteiger charge is 2.66. The molecule has 114 valence electrons. The number of alkyl halides is 2. The summed E-state index contributed by atoms with van der Waals surface area (Å²) < 4.78 is 42.5. The standard InChI is InChI=1S/C13H18F2O5/c1-12(14,15)11(17)19-10-7-2-3-8(4-7)13(10)18-6-9(5-16)20-13/h7-10,16H,2-6H2,1H3. The van der Waals surface area contributed by atoms with Gasteiger partial charge in [0.1, 0.15) is 6.10 Å². The molecule has 2 aliphatic carbocycles. The van der Waals surface area contributed by atoms with Gasteiger partial charge in [-0.25, -0.2) is 4.79 Å². The lowest BCUT2D eigenvalue weighted by Gasteiger charge is -2.38. The van der Waals surface area contributed by atoms with Gasteiger partial charge in [-0.2, -0.15) is 8.78 Å². The van der Waals surface area contributed by atoms with E-state index >= 15 is 0 Å². The van der Waals surface area contributed by atoms with Gasteiger partial charge in [0.2, 0.25) is 5.79 Å². The number of hydrogen-bond donors (Lipinski definition) is 1. The lowest BCUT2D eigenvalue weighted by atomic mass is 9.91. The Morgan fingerprint density at radius 1 is 1.50 bits per heavy atom. The molecule has 1 heterocycles. The summed E-state index contributed by atoms with van der Waals surface area (Å²) in [4.78, 5) is 11.5. The smallest absolute Gasteiger partial charge is 0.377 e. The van der Waals surface area contributed by atoms with Gasteiger partial charge in [0.05, 0.1) is 13.2 Å². The molecule has 1 spiro atoms. The molecular weight excluding hydrogens is 274 g/mol. The molecule has 0 aromatic carbocycles. The number of hydrogen-bond acceptors (Lipinski definition) is 5. The fourth-order valence-electron chi connectivity index (χ4n) is 3.62. The monoisotopic (exact) mass is 292 g/mol. The summed E-state index contributed by atoms with van der Waals surface area (Å²) in [5, 5.41) is 9.14. The summed E-state index contributed by atoms with van der Waals surface area (Å²) in [6.45, 7) is 0.502. The van der Waals surface area contributed by atoms with Crippen molar-refractivity contribution in [1.82, 2.24) is 0 Å². The van der Waals surface area contributed by atoms with E-state index in [4.69, 9.17) is 19.3 Å². The van der Waals surface area contributed by atoms with Gasteiger partial charge in [-0.3, -0.25) is 0 Å². The number of esters is 1. The normalized spacial score (nSPS) is 43.4. The average Bonchev–Trinajstić information content (AvgIpc) is 3.06. The summed E-state index contributed by atoms with van der Waals surface area (Å²) in [7, 11) is 0. The first-order valence-corrected chi connectivity index (χ1v) is 6.88. The number of ether oxygens (including phenoxy) is 3. The summed E-state index contributed by atoms with van der Waals surface area (Å²) in [6, 6.07) is 0. The molecule has 5 unspecified atom stereocenters. The molecule has 3 fully saturated rings. The number of aliphatic hydroxyl groups excluding tert-OH is 1. The van der Waals surface area contributed by atoms with Crippen LogP contribution in [0.25, 0.3) is 0 Å². The Morgan fingerprint density at radius 2 is 2.25 bits per heavy atom. The van der Waals surface area contributed by atoms with Crippen molar-refractivity contribution >= 4 is 5.97 Å². The Bertz CT molecular complexity index is 410. The van der Waals surface area contributed by atoms with Crippen LogP contribution in [0.4, 0.5) is 8.78 Å². The van der Waals surface area contributed by atoms with Crippen molar-refractivity contribution in [2.75, 3.05) is 13.2 Å². The van der Waals surface area contributed by atoms with E-state index in [1.807, 2.05) is 0 Å². The average molecular weight is 292 g/mol. The van der Waals surface area contributed by atoms with Gasteiger partial charge in [-0.15, -0.1) is 0 Å². The molecule has 0 aromatic heterocycles. The Kier molecular flexibility index (Phi) is 3.26. The first-order valence-electron chi connectivity index (χ1n) is 6.88. The maximum absolute atomic E-state index is 13.0. The van der Waals surface area contributed by atoms with Crippen LogP contribution in [0.15, 0.2) is 0 Å². The molecule has 2 saturated carbocycles. The molecule has 5 atom stereocenters. The van der Waals surface area contributed by atoms with E-state index in [1.54, 1.807) is 0 Å². The lowest BCUT2D eigenvalue weighted by Crippen LogP contribution is -2.52. The van der Waals surface area contributed by atoms with Crippen molar-refractivity contribution < 1.29 is 32.9 Å². The SMILES string of the molecule is CC(F)(F)C(=O)OC1C2CCC(C2)C12OCC(CO)O2. The molecule has 1 N–H and O–H groups in total. The predicted molar refractivity (Wildman–Crippen MR) is 62.0 cm³/mol. The van der Waals surface area contributed by atoms with Crippen LogP contribution >= 0.6 is 0 Å². The van der Waals surface area contributed by atoms with E-state index in [-0.39, 0.29) is 25.0 Å². The number of carbonyl (C=O) groups excluding carboxylic acids is 1. The number of carbonyl (C=O) groups is 1. The molecule has 1 saturated heterocycles. The van der Waals surface area contributed by atoms with Gasteiger partial charge in [0.15, 0.2) is 6.10 Å². The van der Waals surface area contributed by atoms with Crippen molar-refractivity contribution in [2.45, 2.75) is 50.1 Å². The fraction of sp³-hybridized carbons (Fsp3) is 0.923. The second-order valence-corrected chi connectivity index (χ2v) is 5.94. The third-order valence-electron chi connectivity index (χ3n) is 4.51. The van der Waals surface area contributed by atoms with Crippen molar-refractivity contribution in [3.63, 3.8) is 0 Å². The third-order valence-corrected chi connectivity index (χ3v) is 4.51. The summed E-state index contributed by atoms with van der Waals surface area (Å²) in [5.41, 5.74) is 0. The molecular formula is C13H18F2O5. The Labute approximate surface area is 115 Å². The topological polar surface area (TPSA) is 65.0 Å². The van der Waals surface area contributed by atoms with Crippen LogP contribution in [0.2, 0.25) is 0 Å². The van der Waals surface area contributed by atoms with Crippen molar-refractivity contribution in [3.05, 3.63) is 0 Å². The van der Waals surface area contributed by atoms with Crippen LogP contribution in [-0.4, -0.2) is 48.2 Å². The molecule has 0 radical (unpaired) electrons. The van der Waals surface area contributed by atoms with Gasteiger partial charge in [-0.1, -0.05) is 0 Å². The second-order valence-electron chi connectivity index (χ2n) is 5.94. The van der Waals surface area contributed by atoms with Crippen LogP contribution in [0.1, 0.15) is 26.2 Å². The quantitative estimate of drug-likeness (QED) is 0.789. The zero-order valence-corrected chi connectivity index (χ0v) is 11.2. The van der Waals surface area contributed by atoms with E-state index in [1.165, 1.54) is 0 Å². The molecule has 0 amide bonds. The maximum Gasteiger partial charge on any atom is 0.377 e. The highest BCUT2D eigenvalue weighted by Crippen LogP contribution is 2.56. The van der Waals surface area contributed by atoms with Crippen LogP contribution in [0.3, 0.4) is 0 Å². The highest BCUT2D eigenvalue weighted by molar-refractivity contribution is 5.77. The molecule has 3 rings (SSSR count). The Morgan fingerprint density at radius 3 is 2.85 bits per heavy atom. The van der Waals surface area contributed by atoms with Crippen LogP contribution in [0.5, 0.6) is 0 Å². The number of halogens is 2. The highest BCUT2D eigenvalue weighted by atomic mass is 19.3. The molecule has 20 heavy (non-hydrogen) atoms. The van der Waals surface area contributed by atoms with Crippen molar-refractivity contribution in [2.24, 2.45) is 11.8 Å². The summed E-state index contributed by atoms with van der Waals surface area (Å²) in [6.07, 6.45) is 1.12. The maximum atomic E-state index is 13.0. The zero-order valence-electron chi connectivity index (χ0n) is 11.2. The molecule has 7 heteroatoms. The Hall–Kier alpha value is -0.790. The van der Waals surface area contributed by atoms with E-state index in [0.717, 1.165) is 19.3 Å². The largest absolute Gasteiger partial charge is 0.452 e. The minimum Gasteiger partial charge on any atom is -0.452 e. The molecule has 3 aliphatic rings. The zero-order chi connectivity index (χ0) is 14.5. The first-order chi connectivity index (χ1) is 9.37. The van der Waals surface area contributed by atoms with E-state index < -0.39 is 29.9 Å². The van der Waals surface area contributed by atoms with Gasteiger partial charge in [-0.05, 0) is 19.3 Å². The predicted octanol–water partition coefficient (Wildman–Crippen LogP) is 1.09. The minimum absolute atomic E-state index is 0.0104. The fourth-order valence-corrected chi connectivity index (χ4v) is 3.62. The number of fused-ring (bicyclic) bond motifs is 3. The number of rotatable bonds is 3. The van der Waals surface area contributed by atoms with Crippen molar-refractivity contribution in [3.8, 4) is 0 Å². The second kappa shape index (κ2) is 4.61. The minimum atomic E-state index is -3.53. The van der Waals surface area contributed by atoms with E-state index in [2.05, 4.69) is 0 Å². The Balaban J connectivity index is 1.80. The van der Waals surface area contributed by atoms with Gasteiger partial charge in [0.25, 0.3) is 0 Å². The number of aliphatic hydroxyl groups is 1. The third kappa shape index (κ3) is 2.03. The van der Waals surface area contributed by atoms with E-state index in [9.17, 15) is 13.6 Å². The summed E-state index contributed by atoms with van der Waals surface area (Å²) in [5.74, 6) is -6.19. The molecule has 1 aliphatic heterocycles. The van der Waals surface area contributed by atoms with Crippen LogP contribution in [0, 0.1) is 11.8 Å². The molecule has 2 bridgehead atoms. The van der Waals surface area contributed by atoms with E-state index in [0.29, 0.717) is 6.92 Å². The van der Waals surface area contributed by atoms with Gasteiger partial charge in [0, 0.05) is 18.8 Å². The van der Waals surface area contributed by atoms with Crippen molar-refractivity contribution in [1.29, 1.82) is 0 Å². The first kappa shape index (κ1) is 14.2. The lowest BCUT2D eigenvalue weighted by molar-refractivity contribution is -0.265. The molecule has 0 aromatic rings. The van der Waals surface area contributed by atoms with Crippen LogP contribution in [-0.2, 0) is 19.0 Å².